The zero-order valence-electron chi connectivity index (χ0n) is 10.9. The molecule has 1 heterocycles. The monoisotopic (exact) mass is 236 g/mol. The third-order valence-corrected chi connectivity index (χ3v) is 2.83. The van der Waals surface area contributed by atoms with E-state index in [0.717, 1.165) is 5.56 Å². The average Bonchev–Trinajstić information content (AvgIpc) is 2.36. The van der Waals surface area contributed by atoms with Gasteiger partial charge >= 0.3 is 5.97 Å². The van der Waals surface area contributed by atoms with Gasteiger partial charge in [-0.1, -0.05) is 0 Å². The van der Waals surface area contributed by atoms with Crippen molar-refractivity contribution in [1.82, 2.24) is 10.0 Å². The van der Waals surface area contributed by atoms with Crippen LogP contribution in [0.1, 0.15) is 33.3 Å². The van der Waals surface area contributed by atoms with E-state index in [-0.39, 0.29) is 5.97 Å². The molecule has 0 unspecified atom stereocenters. The van der Waals surface area contributed by atoms with E-state index >= 15 is 0 Å². The Morgan fingerprint density at radius 2 is 1.82 bits per heavy atom. The van der Waals surface area contributed by atoms with Gasteiger partial charge in [-0.3, -0.25) is 4.98 Å². The number of nitrogens with zero attached hydrogens (tertiary/aromatic N) is 2. The normalized spacial score (nSPS) is 11.6. The van der Waals surface area contributed by atoms with Gasteiger partial charge in [0.1, 0.15) is 0 Å². The maximum Gasteiger partial charge on any atom is 0.334 e. The molecule has 4 nitrogen and oxygen atoms in total. The summed E-state index contributed by atoms with van der Waals surface area (Å²) in [5, 5.41) is 1.64. The topological polar surface area (TPSA) is 42.4 Å². The highest BCUT2D eigenvalue weighted by Gasteiger charge is 2.32. The predicted octanol–water partition coefficient (Wildman–Crippen LogP) is 2.16. The fourth-order valence-corrected chi connectivity index (χ4v) is 1.47. The molecule has 1 rings (SSSR count). The fraction of sp³-hybridized carbons (Fsp3) is 0.538. The first-order valence-corrected chi connectivity index (χ1v) is 5.90. The van der Waals surface area contributed by atoms with Gasteiger partial charge in [-0.05, 0) is 45.4 Å². The van der Waals surface area contributed by atoms with E-state index in [4.69, 9.17) is 4.84 Å². The molecule has 0 atom stereocenters. The van der Waals surface area contributed by atoms with Crippen LogP contribution >= 0.6 is 0 Å². The first kappa shape index (κ1) is 13.6. The van der Waals surface area contributed by atoms with Crippen LogP contribution in [0.2, 0.25) is 0 Å². The highest BCUT2D eigenvalue weighted by atomic mass is 16.7. The molecule has 0 aliphatic heterocycles. The number of hydrogen-bond acceptors (Lipinski definition) is 4. The molecule has 0 bridgehead atoms. The van der Waals surface area contributed by atoms with Gasteiger partial charge in [0, 0.05) is 25.5 Å². The Kier molecular flexibility index (Phi) is 4.63. The largest absolute Gasteiger partial charge is 0.367 e. The van der Waals surface area contributed by atoms with Crippen LogP contribution in [0.15, 0.2) is 24.5 Å². The molecule has 0 radical (unpaired) electrons. The molecule has 0 amide bonds. The van der Waals surface area contributed by atoms with Crippen molar-refractivity contribution < 1.29 is 9.63 Å². The number of hydrogen-bond donors (Lipinski definition) is 0. The third-order valence-electron chi connectivity index (χ3n) is 2.83. The van der Waals surface area contributed by atoms with Crippen LogP contribution in [0, 0.1) is 0 Å². The number of carbonyl (C=O) groups is 1. The smallest absolute Gasteiger partial charge is 0.334 e. The van der Waals surface area contributed by atoms with Gasteiger partial charge in [-0.15, -0.1) is 5.06 Å². The second-order valence-corrected chi connectivity index (χ2v) is 4.35. The summed E-state index contributed by atoms with van der Waals surface area (Å²) < 4.78 is 0. The van der Waals surface area contributed by atoms with Crippen molar-refractivity contribution in [3.8, 4) is 0 Å². The molecule has 0 spiro atoms. The lowest BCUT2D eigenvalue weighted by Crippen LogP contribution is -2.37. The lowest BCUT2D eigenvalue weighted by Gasteiger charge is -2.26. The fourth-order valence-electron chi connectivity index (χ4n) is 1.47. The minimum Gasteiger partial charge on any atom is -0.367 e. The molecule has 1 aromatic heterocycles. The van der Waals surface area contributed by atoms with E-state index < -0.39 is 5.41 Å². The molecule has 0 N–H and O–H groups in total. The van der Waals surface area contributed by atoms with Crippen LogP contribution in [0.3, 0.4) is 0 Å². The van der Waals surface area contributed by atoms with Gasteiger partial charge < -0.3 is 4.84 Å². The minimum atomic E-state index is -0.661. The van der Waals surface area contributed by atoms with E-state index in [2.05, 4.69) is 4.98 Å². The molecule has 0 aliphatic carbocycles. The van der Waals surface area contributed by atoms with Crippen molar-refractivity contribution in [2.24, 2.45) is 0 Å². The molecule has 0 aliphatic rings. The van der Waals surface area contributed by atoms with Gasteiger partial charge in [0.2, 0.25) is 0 Å². The Labute approximate surface area is 103 Å². The van der Waals surface area contributed by atoms with Crippen LogP contribution < -0.4 is 0 Å². The van der Waals surface area contributed by atoms with Crippen LogP contribution in [0.4, 0.5) is 0 Å². The number of pyridine rings is 1. The predicted molar refractivity (Wildman–Crippen MR) is 66.3 cm³/mol. The molecule has 94 valence electrons. The Bertz CT molecular complexity index is 359. The Balaban J connectivity index is 2.80. The van der Waals surface area contributed by atoms with Crippen LogP contribution in [-0.2, 0) is 15.0 Å². The van der Waals surface area contributed by atoms with Gasteiger partial charge in [0.15, 0.2) is 0 Å². The number of aromatic nitrogens is 1. The number of hydroxylamine groups is 2. The summed E-state index contributed by atoms with van der Waals surface area (Å²) in [5.41, 5.74) is 0.246. The van der Waals surface area contributed by atoms with Crippen molar-refractivity contribution in [3.63, 3.8) is 0 Å². The van der Waals surface area contributed by atoms with Gasteiger partial charge in [0.25, 0.3) is 0 Å². The summed E-state index contributed by atoms with van der Waals surface area (Å²) >= 11 is 0. The average molecular weight is 236 g/mol. The second-order valence-electron chi connectivity index (χ2n) is 4.35. The Hall–Kier alpha value is -1.42. The van der Waals surface area contributed by atoms with Crippen molar-refractivity contribution in [3.05, 3.63) is 30.1 Å². The second kappa shape index (κ2) is 5.77. The first-order valence-electron chi connectivity index (χ1n) is 5.90. The summed E-state index contributed by atoms with van der Waals surface area (Å²) in [6, 6.07) is 3.67. The van der Waals surface area contributed by atoms with E-state index in [9.17, 15) is 4.79 Å². The third kappa shape index (κ3) is 3.27. The quantitative estimate of drug-likeness (QED) is 0.735. The Morgan fingerprint density at radius 1 is 1.29 bits per heavy atom. The van der Waals surface area contributed by atoms with Crippen molar-refractivity contribution in [2.75, 3.05) is 13.1 Å². The zero-order chi connectivity index (χ0) is 12.9. The zero-order valence-corrected chi connectivity index (χ0v) is 10.9. The molecule has 4 heteroatoms. The van der Waals surface area contributed by atoms with Crippen molar-refractivity contribution >= 4 is 5.97 Å². The van der Waals surface area contributed by atoms with E-state index in [0.29, 0.717) is 13.1 Å². The summed E-state index contributed by atoms with van der Waals surface area (Å²) in [5.74, 6) is -0.243. The van der Waals surface area contributed by atoms with Crippen LogP contribution in [0.25, 0.3) is 0 Å². The molecule has 0 saturated carbocycles. The van der Waals surface area contributed by atoms with Gasteiger partial charge in [-0.2, -0.15) is 0 Å². The van der Waals surface area contributed by atoms with Gasteiger partial charge in [-0.25, -0.2) is 4.79 Å². The van der Waals surface area contributed by atoms with Crippen molar-refractivity contribution in [2.45, 2.75) is 33.1 Å². The highest BCUT2D eigenvalue weighted by molar-refractivity contribution is 5.81. The molecular formula is C13H20N2O2. The van der Waals surface area contributed by atoms with Crippen LogP contribution in [-0.4, -0.2) is 29.1 Å². The van der Waals surface area contributed by atoms with E-state index in [1.165, 1.54) is 0 Å². The summed E-state index contributed by atoms with van der Waals surface area (Å²) in [7, 11) is 0. The number of carbonyl (C=O) groups excluding carboxylic acids is 1. The minimum absolute atomic E-state index is 0.243. The molecule has 0 fully saturated rings. The van der Waals surface area contributed by atoms with E-state index in [1.54, 1.807) is 17.5 Å². The lowest BCUT2D eigenvalue weighted by atomic mass is 9.85. The number of rotatable bonds is 5. The molecule has 0 saturated heterocycles. The lowest BCUT2D eigenvalue weighted by molar-refractivity contribution is -0.194. The van der Waals surface area contributed by atoms with Crippen molar-refractivity contribution in [1.29, 1.82) is 0 Å². The molecular weight excluding hydrogens is 216 g/mol. The summed E-state index contributed by atoms with van der Waals surface area (Å²) in [6.45, 7) is 9.00. The van der Waals surface area contributed by atoms with E-state index in [1.807, 2.05) is 39.8 Å². The van der Waals surface area contributed by atoms with Gasteiger partial charge in [0.05, 0.1) is 5.41 Å². The standard InChI is InChI=1S/C13H20N2O2/c1-5-15(6-2)17-12(16)13(3,4)11-7-9-14-10-8-11/h7-10H,5-6H2,1-4H3. The molecule has 17 heavy (non-hydrogen) atoms. The summed E-state index contributed by atoms with van der Waals surface area (Å²) in [6.07, 6.45) is 3.36. The SMILES string of the molecule is CCN(CC)OC(=O)C(C)(C)c1ccncc1. The first-order chi connectivity index (χ1) is 8.02. The summed E-state index contributed by atoms with van der Waals surface area (Å²) in [4.78, 5) is 21.4. The maximum absolute atomic E-state index is 12.1. The Morgan fingerprint density at radius 3 is 2.29 bits per heavy atom. The highest BCUT2D eigenvalue weighted by Crippen LogP contribution is 2.24. The maximum atomic E-state index is 12.1. The van der Waals surface area contributed by atoms with Crippen LogP contribution in [0.5, 0.6) is 0 Å². The molecule has 0 aromatic carbocycles. The molecule has 1 aromatic rings.